The highest BCUT2D eigenvalue weighted by molar-refractivity contribution is 9.10. The molecular weight excluding hydrogens is 1130 g/mol. The molecule has 4 aromatic heterocycles. The van der Waals surface area contributed by atoms with Crippen LogP contribution in [0.2, 0.25) is 0 Å². The summed E-state index contributed by atoms with van der Waals surface area (Å²) in [6.07, 6.45) is 10.2. The van der Waals surface area contributed by atoms with Gasteiger partial charge in [-0.2, -0.15) is 15.5 Å². The van der Waals surface area contributed by atoms with Crippen LogP contribution >= 0.6 is 89.8 Å². The lowest BCUT2D eigenvalue weighted by atomic mass is 10.00. The first kappa shape index (κ1) is 53.4. The number of hydrogen-bond donors (Lipinski definition) is 2. The SMILES string of the molecule is CN1CCCC(COc2ccc(N)cc2)C1.CN1CCCC(COc2ccc(Nc3nc4ncc(C#N)c(Sc5cccc(Br)c5)c4s3)cc2)C1.CSc1nc2ncc(C#N)c(Sc3cccc(Br)c3)c2s1. The van der Waals surface area contributed by atoms with Gasteiger partial charge in [-0.1, -0.05) is 90.6 Å². The average molecular weight is 1180 g/mol. The lowest BCUT2D eigenvalue weighted by Gasteiger charge is -2.29. The van der Waals surface area contributed by atoms with Crippen molar-refractivity contribution in [3.8, 4) is 23.6 Å². The fourth-order valence-corrected chi connectivity index (χ4v) is 13.9. The minimum absolute atomic E-state index is 0.545. The number of thiazole rings is 2. The van der Waals surface area contributed by atoms with Gasteiger partial charge in [-0.15, -0.1) is 11.3 Å². The molecule has 0 saturated carbocycles. The highest BCUT2D eigenvalue weighted by Crippen LogP contribution is 2.42. The molecular formula is C53H52Br2N10O2S5. The Bertz CT molecular complexity index is 3160. The van der Waals surface area contributed by atoms with Crippen molar-refractivity contribution in [3.05, 3.63) is 130 Å². The van der Waals surface area contributed by atoms with Gasteiger partial charge in [0.1, 0.15) is 23.6 Å². The first-order valence-electron chi connectivity index (χ1n) is 23.2. The molecule has 2 fully saturated rings. The number of nitrogens with one attached hydrogen (secondary N) is 1. The molecule has 8 aromatic rings. The number of nitriles is 2. The number of ether oxygens (including phenoxy) is 2. The highest BCUT2D eigenvalue weighted by atomic mass is 79.9. The van der Waals surface area contributed by atoms with Crippen molar-refractivity contribution < 1.29 is 9.47 Å². The molecule has 2 aliphatic heterocycles. The molecule has 12 nitrogen and oxygen atoms in total. The van der Waals surface area contributed by atoms with Gasteiger partial charge >= 0.3 is 0 Å². The molecule has 0 bridgehead atoms. The van der Waals surface area contributed by atoms with Gasteiger partial charge in [-0.3, -0.25) is 0 Å². The fraction of sp³-hybridized carbons (Fsp3) is 0.283. The summed E-state index contributed by atoms with van der Waals surface area (Å²) in [5.74, 6) is 3.05. The second kappa shape index (κ2) is 26.3. The van der Waals surface area contributed by atoms with E-state index >= 15 is 0 Å². The van der Waals surface area contributed by atoms with Crippen LogP contribution in [-0.2, 0) is 0 Å². The van der Waals surface area contributed by atoms with Gasteiger partial charge in [0, 0.05) is 67.4 Å². The van der Waals surface area contributed by atoms with Crippen molar-refractivity contribution in [1.82, 2.24) is 29.7 Å². The summed E-state index contributed by atoms with van der Waals surface area (Å²) in [5.41, 5.74) is 9.80. The van der Waals surface area contributed by atoms with Crippen LogP contribution in [0, 0.1) is 34.5 Å². The van der Waals surface area contributed by atoms with E-state index in [9.17, 15) is 10.5 Å². The van der Waals surface area contributed by atoms with Crippen LogP contribution in [0.4, 0.5) is 16.5 Å². The third kappa shape index (κ3) is 15.1. The number of thioether (sulfide) groups is 1. The van der Waals surface area contributed by atoms with Gasteiger partial charge in [-0.05, 0) is 144 Å². The van der Waals surface area contributed by atoms with Crippen LogP contribution in [0.3, 0.4) is 0 Å². The molecule has 2 unspecified atom stereocenters. The number of anilines is 3. The van der Waals surface area contributed by atoms with Crippen LogP contribution in [0.5, 0.6) is 11.5 Å². The molecule has 4 aromatic carbocycles. The Labute approximate surface area is 458 Å². The van der Waals surface area contributed by atoms with E-state index in [0.29, 0.717) is 34.3 Å². The van der Waals surface area contributed by atoms with Crippen LogP contribution in [0.1, 0.15) is 36.8 Å². The van der Waals surface area contributed by atoms with Gasteiger partial charge in [-0.25, -0.2) is 15.0 Å². The van der Waals surface area contributed by atoms with E-state index in [4.69, 9.17) is 15.2 Å². The molecule has 0 aliphatic carbocycles. The molecule has 6 heterocycles. The van der Waals surface area contributed by atoms with Crippen LogP contribution in [0.25, 0.3) is 20.7 Å². The van der Waals surface area contributed by atoms with Gasteiger partial charge in [0.15, 0.2) is 20.8 Å². The second-order valence-electron chi connectivity index (χ2n) is 17.2. The number of fused-ring (bicyclic) bond motifs is 2. The number of benzene rings is 4. The minimum Gasteiger partial charge on any atom is -0.493 e. The van der Waals surface area contributed by atoms with Crippen LogP contribution < -0.4 is 20.5 Å². The number of halogens is 2. The van der Waals surface area contributed by atoms with E-state index in [0.717, 1.165) is 96.6 Å². The molecule has 2 saturated heterocycles. The minimum atomic E-state index is 0.545. The van der Waals surface area contributed by atoms with E-state index in [2.05, 4.69) is 93.1 Å². The normalized spacial score (nSPS) is 15.9. The molecule has 370 valence electrons. The number of pyridine rings is 2. The molecule has 2 atom stereocenters. The Kier molecular flexibility index (Phi) is 19.5. The predicted octanol–water partition coefficient (Wildman–Crippen LogP) is 14.1. The first-order valence-corrected chi connectivity index (χ1v) is 29.3. The first-order chi connectivity index (χ1) is 35.0. The Morgan fingerprint density at radius 2 is 1.21 bits per heavy atom. The van der Waals surface area contributed by atoms with E-state index in [-0.39, 0.29) is 0 Å². The van der Waals surface area contributed by atoms with Gasteiger partial charge < -0.3 is 30.3 Å². The van der Waals surface area contributed by atoms with E-state index in [1.165, 1.54) is 50.1 Å². The molecule has 2 aliphatic rings. The summed E-state index contributed by atoms with van der Waals surface area (Å²) in [7, 11) is 4.35. The standard InChI is InChI=1S/C26H24BrN5OS2.C14H8BrN3S3.C13H20N2O/c1-32-11-3-4-17(15-32)16-33-21-9-7-20(8-10-21)30-26-31-25-24(35-26)23(18(13-28)14-29-25)34-22-6-2-5-19(27)12-22;1-19-14-18-13-12(21-14)11(8(6-16)7-17-13)20-10-4-2-3-9(15)5-10;1-15-8-2-3-11(9-15)10-16-13-6-4-12(14)5-7-13/h2,5-10,12,14,17H,3-4,11,15-16H2,1H3,(H,29,30,31);2-5,7H,1H3;4-7,11H,2-3,8-10,14H2,1H3. The third-order valence-electron chi connectivity index (χ3n) is 11.6. The zero-order valence-electron chi connectivity index (χ0n) is 39.9. The largest absolute Gasteiger partial charge is 0.493 e. The summed E-state index contributed by atoms with van der Waals surface area (Å²) < 4.78 is 16.7. The van der Waals surface area contributed by atoms with Gasteiger partial charge in [0.25, 0.3) is 0 Å². The molecule has 0 amide bonds. The Morgan fingerprint density at radius 3 is 1.69 bits per heavy atom. The maximum atomic E-state index is 9.66. The summed E-state index contributed by atoms with van der Waals surface area (Å²) in [5, 5.41) is 23.1. The summed E-state index contributed by atoms with van der Waals surface area (Å²) in [6, 6.07) is 36.2. The van der Waals surface area contributed by atoms with E-state index in [1.54, 1.807) is 59.0 Å². The maximum absolute atomic E-state index is 9.66. The fourth-order valence-electron chi connectivity index (χ4n) is 8.06. The number of nitrogens with two attached hydrogens (primary N) is 1. The summed E-state index contributed by atoms with van der Waals surface area (Å²) in [6.45, 7) is 6.21. The van der Waals surface area contributed by atoms with Crippen LogP contribution in [-0.4, -0.2) is 89.5 Å². The molecule has 72 heavy (non-hydrogen) atoms. The van der Waals surface area contributed by atoms with Crippen molar-refractivity contribution in [1.29, 1.82) is 10.5 Å². The smallest absolute Gasteiger partial charge is 0.189 e. The second-order valence-corrected chi connectivity index (χ2v) is 24.3. The monoisotopic (exact) mass is 1180 g/mol. The number of likely N-dealkylation sites (tertiary alicyclic amines) is 2. The maximum Gasteiger partial charge on any atom is 0.189 e. The molecule has 10 rings (SSSR count). The van der Waals surface area contributed by atoms with E-state index in [1.807, 2.05) is 103 Å². The third-order valence-corrected chi connectivity index (χ3v) is 18.1. The number of piperidine rings is 2. The van der Waals surface area contributed by atoms with Gasteiger partial charge in [0.05, 0.1) is 43.5 Å². The van der Waals surface area contributed by atoms with Crippen LogP contribution in [0.15, 0.2) is 142 Å². The average Bonchev–Trinajstić information content (AvgIpc) is 4.01. The van der Waals surface area contributed by atoms with Gasteiger partial charge in [0.2, 0.25) is 0 Å². The van der Waals surface area contributed by atoms with Crippen molar-refractivity contribution in [2.24, 2.45) is 11.8 Å². The number of rotatable bonds is 13. The highest BCUT2D eigenvalue weighted by Gasteiger charge is 2.20. The zero-order chi connectivity index (χ0) is 50.4. The Balaban J connectivity index is 0.000000159. The summed E-state index contributed by atoms with van der Waals surface area (Å²) >= 11 is 14.8. The van der Waals surface area contributed by atoms with Crippen molar-refractivity contribution in [2.45, 2.75) is 49.6 Å². The lowest BCUT2D eigenvalue weighted by Crippen LogP contribution is -2.34. The van der Waals surface area contributed by atoms with Crippen molar-refractivity contribution >= 4 is 127 Å². The van der Waals surface area contributed by atoms with Crippen molar-refractivity contribution in [3.63, 3.8) is 0 Å². The summed E-state index contributed by atoms with van der Waals surface area (Å²) in [4.78, 5) is 26.5. The molecule has 19 heteroatoms. The number of hydrogen-bond acceptors (Lipinski definition) is 17. The molecule has 0 radical (unpaired) electrons. The van der Waals surface area contributed by atoms with Crippen molar-refractivity contribution in [2.75, 3.05) is 70.8 Å². The number of aromatic nitrogens is 4. The lowest BCUT2D eigenvalue weighted by molar-refractivity contribution is 0.150. The zero-order valence-corrected chi connectivity index (χ0v) is 47.1. The topological polar surface area (TPSA) is 162 Å². The quantitative estimate of drug-likeness (QED) is 0.0828. The molecule has 0 spiro atoms. The molecule has 3 N–H and O–H groups in total. The predicted molar refractivity (Wildman–Crippen MR) is 305 cm³/mol. The Hall–Kier alpha value is -4.93. The Morgan fingerprint density at radius 1 is 0.708 bits per heavy atom. The number of nitrogens with zero attached hydrogens (tertiary/aromatic N) is 8. The van der Waals surface area contributed by atoms with E-state index < -0.39 is 0 Å². The number of nitrogen functional groups attached to an aromatic ring is 1.